The van der Waals surface area contributed by atoms with Gasteiger partial charge in [-0.25, -0.2) is 9.59 Å². The highest BCUT2D eigenvalue weighted by Crippen LogP contribution is 2.36. The number of hydrogen-bond donors (Lipinski definition) is 2. The molecule has 7 nitrogen and oxygen atoms in total. The van der Waals surface area contributed by atoms with Crippen molar-refractivity contribution in [1.82, 2.24) is 10.6 Å². The summed E-state index contributed by atoms with van der Waals surface area (Å²) >= 11 is 12.1. The molecule has 2 aromatic carbocycles. The zero-order chi connectivity index (χ0) is 23.4. The topological polar surface area (TPSA) is 85.9 Å². The van der Waals surface area contributed by atoms with Crippen LogP contribution in [0.15, 0.2) is 47.7 Å². The summed E-state index contributed by atoms with van der Waals surface area (Å²) in [5.41, 5.74) is 2.31. The van der Waals surface area contributed by atoms with Crippen LogP contribution in [0.2, 0.25) is 10.0 Å². The molecule has 0 radical (unpaired) electrons. The van der Waals surface area contributed by atoms with E-state index >= 15 is 0 Å². The van der Waals surface area contributed by atoms with E-state index in [-0.39, 0.29) is 12.5 Å². The molecule has 170 valence electrons. The fourth-order valence-electron chi connectivity index (χ4n) is 3.40. The van der Waals surface area contributed by atoms with Crippen molar-refractivity contribution >= 4 is 35.2 Å². The number of carbonyl (C=O) groups is 2. The van der Waals surface area contributed by atoms with E-state index in [4.69, 9.17) is 37.4 Å². The summed E-state index contributed by atoms with van der Waals surface area (Å²) < 4.78 is 16.4. The molecule has 0 aliphatic carbocycles. The van der Waals surface area contributed by atoms with Gasteiger partial charge in [-0.3, -0.25) is 0 Å². The fraction of sp³-hybridized carbons (Fsp3) is 0.304. The van der Waals surface area contributed by atoms with Crippen LogP contribution in [0.3, 0.4) is 0 Å². The Morgan fingerprint density at radius 1 is 1.06 bits per heavy atom. The SMILES string of the molecule is COC(=O)C1=C(C(C)C)NC(=O)NC1c1ccc(OC)c(OCc2ccc(Cl)c(Cl)c2)c1. The van der Waals surface area contributed by atoms with E-state index in [1.807, 2.05) is 19.9 Å². The molecule has 1 heterocycles. The third-order valence-electron chi connectivity index (χ3n) is 4.98. The molecule has 0 fully saturated rings. The molecule has 0 saturated carbocycles. The number of hydrogen-bond acceptors (Lipinski definition) is 5. The highest BCUT2D eigenvalue weighted by Gasteiger charge is 2.34. The molecule has 0 spiro atoms. The van der Waals surface area contributed by atoms with Gasteiger partial charge in [0.05, 0.1) is 35.9 Å². The van der Waals surface area contributed by atoms with Crippen LogP contribution in [-0.2, 0) is 16.1 Å². The van der Waals surface area contributed by atoms with Crippen molar-refractivity contribution in [1.29, 1.82) is 0 Å². The Balaban J connectivity index is 1.98. The minimum atomic E-state index is -0.716. The number of methoxy groups -OCH3 is 2. The van der Waals surface area contributed by atoms with Gasteiger partial charge in [-0.2, -0.15) is 0 Å². The van der Waals surface area contributed by atoms with Crippen molar-refractivity contribution in [3.8, 4) is 11.5 Å². The number of urea groups is 1. The lowest BCUT2D eigenvalue weighted by molar-refractivity contribution is -0.136. The minimum Gasteiger partial charge on any atom is -0.493 e. The standard InChI is InChI=1S/C23H24Cl2N2O5/c1-12(2)20-19(22(28)31-4)21(27-23(29)26-20)14-6-8-17(30-3)18(10-14)32-11-13-5-7-15(24)16(25)9-13/h5-10,12,21H,11H2,1-4H3,(H2,26,27,29). The van der Waals surface area contributed by atoms with Gasteiger partial charge in [0.1, 0.15) is 6.61 Å². The Labute approximate surface area is 196 Å². The van der Waals surface area contributed by atoms with Crippen molar-refractivity contribution in [3.63, 3.8) is 0 Å². The van der Waals surface area contributed by atoms with E-state index < -0.39 is 18.0 Å². The number of allylic oxidation sites excluding steroid dienone is 1. The second-order valence-corrected chi connectivity index (χ2v) is 8.27. The smallest absolute Gasteiger partial charge is 0.337 e. The Hall–Kier alpha value is -2.90. The zero-order valence-electron chi connectivity index (χ0n) is 18.1. The molecule has 1 unspecified atom stereocenters. The molecule has 9 heteroatoms. The number of halogens is 2. The molecule has 2 amide bonds. The molecule has 32 heavy (non-hydrogen) atoms. The summed E-state index contributed by atoms with van der Waals surface area (Å²) in [6.07, 6.45) is 0. The van der Waals surface area contributed by atoms with E-state index in [1.165, 1.54) is 14.2 Å². The normalized spacial score (nSPS) is 15.8. The van der Waals surface area contributed by atoms with E-state index in [1.54, 1.807) is 30.3 Å². The van der Waals surface area contributed by atoms with Crippen LogP contribution in [0.25, 0.3) is 0 Å². The first-order chi connectivity index (χ1) is 15.2. The van der Waals surface area contributed by atoms with Gasteiger partial charge in [-0.15, -0.1) is 0 Å². The van der Waals surface area contributed by atoms with E-state index in [9.17, 15) is 9.59 Å². The summed E-state index contributed by atoms with van der Waals surface area (Å²) in [5.74, 6) is 0.322. The minimum absolute atomic E-state index is 0.0960. The number of amides is 2. The van der Waals surface area contributed by atoms with Crippen LogP contribution in [0.4, 0.5) is 4.79 Å². The number of benzene rings is 2. The molecule has 1 atom stereocenters. The van der Waals surface area contributed by atoms with Crippen molar-refractivity contribution in [2.45, 2.75) is 26.5 Å². The van der Waals surface area contributed by atoms with Gasteiger partial charge in [-0.1, -0.05) is 49.2 Å². The van der Waals surface area contributed by atoms with Gasteiger partial charge in [0, 0.05) is 5.70 Å². The fourth-order valence-corrected chi connectivity index (χ4v) is 3.72. The molecule has 2 aromatic rings. The quantitative estimate of drug-likeness (QED) is 0.545. The first kappa shape index (κ1) is 23.8. The summed E-state index contributed by atoms with van der Waals surface area (Å²) in [4.78, 5) is 24.9. The highest BCUT2D eigenvalue weighted by molar-refractivity contribution is 6.42. The number of rotatable bonds is 7. The number of carbonyl (C=O) groups excluding carboxylic acids is 2. The summed E-state index contributed by atoms with van der Waals surface area (Å²) in [6, 6.07) is 9.33. The predicted octanol–water partition coefficient (Wildman–Crippen LogP) is 5.02. The van der Waals surface area contributed by atoms with Crippen molar-refractivity contribution in [3.05, 3.63) is 68.8 Å². The first-order valence-corrected chi connectivity index (χ1v) is 10.6. The van der Waals surface area contributed by atoms with Gasteiger partial charge in [-0.05, 0) is 41.3 Å². The van der Waals surface area contributed by atoms with Gasteiger partial charge in [0.25, 0.3) is 0 Å². The summed E-state index contributed by atoms with van der Waals surface area (Å²) in [7, 11) is 2.84. The van der Waals surface area contributed by atoms with Crippen LogP contribution in [0, 0.1) is 5.92 Å². The second kappa shape index (κ2) is 10.1. The third-order valence-corrected chi connectivity index (χ3v) is 5.72. The Morgan fingerprint density at radius 2 is 1.81 bits per heavy atom. The average Bonchev–Trinajstić information content (AvgIpc) is 2.78. The van der Waals surface area contributed by atoms with E-state index in [2.05, 4.69) is 10.6 Å². The Bertz CT molecular complexity index is 1070. The molecule has 3 rings (SSSR count). The largest absolute Gasteiger partial charge is 0.493 e. The molecular weight excluding hydrogens is 455 g/mol. The lowest BCUT2D eigenvalue weighted by Gasteiger charge is -2.31. The van der Waals surface area contributed by atoms with E-state index in [0.29, 0.717) is 38.4 Å². The molecule has 0 aromatic heterocycles. The molecule has 0 bridgehead atoms. The molecule has 0 saturated heterocycles. The van der Waals surface area contributed by atoms with Crippen LogP contribution in [0.5, 0.6) is 11.5 Å². The third kappa shape index (κ3) is 5.11. The highest BCUT2D eigenvalue weighted by atomic mass is 35.5. The van der Waals surface area contributed by atoms with Crippen LogP contribution in [-0.4, -0.2) is 26.2 Å². The zero-order valence-corrected chi connectivity index (χ0v) is 19.6. The lowest BCUT2D eigenvalue weighted by Crippen LogP contribution is -2.47. The maximum atomic E-state index is 12.6. The van der Waals surface area contributed by atoms with Crippen molar-refractivity contribution in [2.24, 2.45) is 5.92 Å². The van der Waals surface area contributed by atoms with Gasteiger partial charge < -0.3 is 24.8 Å². The number of esters is 1. The van der Waals surface area contributed by atoms with Crippen LogP contribution in [0.1, 0.15) is 31.0 Å². The molecule has 1 aliphatic heterocycles. The summed E-state index contributed by atoms with van der Waals surface area (Å²) in [6.45, 7) is 3.99. The van der Waals surface area contributed by atoms with Crippen molar-refractivity contribution in [2.75, 3.05) is 14.2 Å². The maximum Gasteiger partial charge on any atom is 0.337 e. The predicted molar refractivity (Wildman–Crippen MR) is 122 cm³/mol. The van der Waals surface area contributed by atoms with Crippen LogP contribution >= 0.6 is 23.2 Å². The first-order valence-electron chi connectivity index (χ1n) is 9.89. The van der Waals surface area contributed by atoms with Crippen LogP contribution < -0.4 is 20.1 Å². The Morgan fingerprint density at radius 3 is 2.44 bits per heavy atom. The Kier molecular flexibility index (Phi) is 7.53. The molecule has 2 N–H and O–H groups in total. The molecular formula is C23H24Cl2N2O5. The lowest BCUT2D eigenvalue weighted by atomic mass is 9.91. The monoisotopic (exact) mass is 478 g/mol. The number of ether oxygens (including phenoxy) is 3. The number of nitrogens with one attached hydrogen (secondary N) is 2. The van der Waals surface area contributed by atoms with Gasteiger partial charge in [0.15, 0.2) is 11.5 Å². The maximum absolute atomic E-state index is 12.6. The second-order valence-electron chi connectivity index (χ2n) is 7.45. The van der Waals surface area contributed by atoms with Gasteiger partial charge in [0.2, 0.25) is 0 Å². The average molecular weight is 479 g/mol. The summed E-state index contributed by atoms with van der Waals surface area (Å²) in [5, 5.41) is 6.41. The van der Waals surface area contributed by atoms with Crippen molar-refractivity contribution < 1.29 is 23.8 Å². The van der Waals surface area contributed by atoms with E-state index in [0.717, 1.165) is 5.56 Å². The molecule has 1 aliphatic rings. The van der Waals surface area contributed by atoms with Gasteiger partial charge >= 0.3 is 12.0 Å².